The van der Waals surface area contributed by atoms with E-state index in [1.54, 1.807) is 0 Å². The number of hydrogen-bond acceptors (Lipinski definition) is 0. The Bertz CT molecular complexity index is 87.2. The highest BCUT2D eigenvalue weighted by Crippen LogP contribution is 2.28. The van der Waals surface area contributed by atoms with Gasteiger partial charge in [-0.2, -0.15) is 0 Å². The minimum Gasteiger partial charge on any atom is -0.0649 e. The van der Waals surface area contributed by atoms with E-state index in [4.69, 9.17) is 1.37 Å². The molecule has 0 unspecified atom stereocenters. The van der Waals surface area contributed by atoms with Crippen molar-refractivity contribution in [1.82, 2.24) is 0 Å². The normalized spacial score (nSPS) is 15.9. The van der Waals surface area contributed by atoms with Gasteiger partial charge in [-0.1, -0.05) is 41.0 Å². The molecule has 50 valence electrons. The first-order valence-corrected chi connectivity index (χ1v) is 3.31. The maximum atomic E-state index is 7.73. The van der Waals surface area contributed by atoms with Crippen molar-refractivity contribution in [1.29, 1.82) is 0 Å². The summed E-state index contributed by atoms with van der Waals surface area (Å²) in [5.41, 5.74) is 0.146. The Morgan fingerprint density at radius 2 is 1.88 bits per heavy atom. The van der Waals surface area contributed by atoms with Gasteiger partial charge in [-0.05, 0) is 11.3 Å². The molecule has 0 N–H and O–H groups in total. The summed E-state index contributed by atoms with van der Waals surface area (Å²) in [6.07, 6.45) is 1.07. The van der Waals surface area contributed by atoms with Crippen molar-refractivity contribution < 1.29 is 1.37 Å². The van der Waals surface area contributed by atoms with Crippen LogP contribution in [0.1, 0.15) is 42.4 Å². The Balaban J connectivity index is 4.14. The van der Waals surface area contributed by atoms with Crippen molar-refractivity contribution in [2.45, 2.75) is 41.0 Å². The Labute approximate surface area is 54.7 Å². The fraction of sp³-hybridized carbons (Fsp3) is 1.00. The zero-order valence-corrected chi connectivity index (χ0v) is 6.71. The molecule has 0 radical (unpaired) electrons. The van der Waals surface area contributed by atoms with E-state index in [1.807, 2.05) is 13.8 Å². The molecule has 0 atom stereocenters. The average molecular weight is 115 g/mol. The summed E-state index contributed by atoms with van der Waals surface area (Å²) in [5.74, 6) is -0.304. The summed E-state index contributed by atoms with van der Waals surface area (Å²) in [4.78, 5) is 0. The first kappa shape index (κ1) is 6.12. The van der Waals surface area contributed by atoms with E-state index in [9.17, 15) is 0 Å². The van der Waals surface area contributed by atoms with Gasteiger partial charge >= 0.3 is 0 Å². The quantitative estimate of drug-likeness (QED) is 0.519. The molecule has 0 heteroatoms. The van der Waals surface area contributed by atoms with Gasteiger partial charge in [0.05, 0.1) is 0 Å². The molecule has 0 aliphatic heterocycles. The lowest BCUT2D eigenvalue weighted by molar-refractivity contribution is 0.240. The molecule has 0 amide bonds. The number of hydrogen-bond donors (Lipinski definition) is 0. The largest absolute Gasteiger partial charge is 0.0649 e. The van der Waals surface area contributed by atoms with Crippen LogP contribution in [0.4, 0.5) is 0 Å². The van der Waals surface area contributed by atoms with Gasteiger partial charge in [0.2, 0.25) is 0 Å². The minimum atomic E-state index is -0.304. The van der Waals surface area contributed by atoms with Crippen LogP contribution in [-0.2, 0) is 0 Å². The second-order valence-corrected chi connectivity index (χ2v) is 3.24. The molecular formula is C8H18. The van der Waals surface area contributed by atoms with Crippen LogP contribution < -0.4 is 0 Å². The average Bonchev–Trinajstić information content (AvgIpc) is 1.64. The monoisotopic (exact) mass is 115 g/mol. The molecule has 0 aliphatic carbocycles. The standard InChI is InChI=1S/C8H18/c1-6-8(4,5)7(2)3/h7H,6H2,1-5H3/i7D. The van der Waals surface area contributed by atoms with Crippen LogP contribution in [0.2, 0.25) is 0 Å². The minimum absolute atomic E-state index is 0.146. The summed E-state index contributed by atoms with van der Waals surface area (Å²) < 4.78 is 7.73. The van der Waals surface area contributed by atoms with Crippen LogP contribution in [0, 0.1) is 11.3 Å². The van der Waals surface area contributed by atoms with E-state index < -0.39 is 0 Å². The smallest absolute Gasteiger partial charge is 0.0303 e. The molecule has 0 nitrogen and oxygen atoms in total. The van der Waals surface area contributed by atoms with E-state index in [2.05, 4.69) is 20.8 Å². The van der Waals surface area contributed by atoms with Crippen molar-refractivity contribution in [3.05, 3.63) is 0 Å². The Hall–Kier alpha value is 0. The Morgan fingerprint density at radius 3 is 1.88 bits per heavy atom. The zero-order valence-electron chi connectivity index (χ0n) is 7.71. The molecule has 0 saturated heterocycles. The molecule has 0 rings (SSSR count). The summed E-state index contributed by atoms with van der Waals surface area (Å²) in [5, 5.41) is 0. The fourth-order valence-corrected chi connectivity index (χ4v) is 0.354. The Kier molecular flexibility index (Phi) is 1.93. The van der Waals surface area contributed by atoms with Gasteiger partial charge in [0.25, 0.3) is 0 Å². The molecule has 0 heterocycles. The van der Waals surface area contributed by atoms with Crippen LogP contribution in [0.5, 0.6) is 0 Å². The lowest BCUT2D eigenvalue weighted by Crippen LogP contribution is -2.17. The molecule has 0 bridgehead atoms. The van der Waals surface area contributed by atoms with Gasteiger partial charge in [0, 0.05) is 1.37 Å². The van der Waals surface area contributed by atoms with E-state index in [-0.39, 0.29) is 11.3 Å². The van der Waals surface area contributed by atoms with Crippen LogP contribution in [0.3, 0.4) is 0 Å². The van der Waals surface area contributed by atoms with Gasteiger partial charge < -0.3 is 0 Å². The van der Waals surface area contributed by atoms with E-state index in [0.717, 1.165) is 6.42 Å². The third-order valence-corrected chi connectivity index (χ3v) is 2.24. The first-order valence-electron chi connectivity index (χ1n) is 3.81. The topological polar surface area (TPSA) is 0 Å². The maximum absolute atomic E-state index is 7.73. The summed E-state index contributed by atoms with van der Waals surface area (Å²) in [6.45, 7) is 10.4. The SMILES string of the molecule is [2H]C(C)(C)C(C)(C)CC. The number of rotatable bonds is 2. The van der Waals surface area contributed by atoms with Crippen LogP contribution >= 0.6 is 0 Å². The zero-order chi connectivity index (χ0) is 7.71. The summed E-state index contributed by atoms with van der Waals surface area (Å²) in [6, 6.07) is 0. The van der Waals surface area contributed by atoms with Crippen LogP contribution in [-0.4, -0.2) is 0 Å². The maximum Gasteiger partial charge on any atom is 0.0303 e. The predicted octanol–water partition coefficient (Wildman–Crippen LogP) is 3.08. The molecule has 0 aromatic rings. The summed E-state index contributed by atoms with van der Waals surface area (Å²) in [7, 11) is 0. The highest BCUT2D eigenvalue weighted by molar-refractivity contribution is 4.69. The first-order chi connectivity index (χ1) is 3.81. The van der Waals surface area contributed by atoms with Gasteiger partial charge in [-0.15, -0.1) is 0 Å². The Morgan fingerprint density at radius 1 is 1.50 bits per heavy atom. The van der Waals surface area contributed by atoms with Gasteiger partial charge in [-0.3, -0.25) is 0 Å². The van der Waals surface area contributed by atoms with Crippen molar-refractivity contribution in [3.63, 3.8) is 0 Å². The van der Waals surface area contributed by atoms with Crippen LogP contribution in [0.25, 0.3) is 0 Å². The molecule has 0 aromatic heterocycles. The molecule has 0 saturated carbocycles. The lowest BCUT2D eigenvalue weighted by atomic mass is 9.79. The molecule has 8 heavy (non-hydrogen) atoms. The lowest BCUT2D eigenvalue weighted by Gasteiger charge is -2.27. The van der Waals surface area contributed by atoms with E-state index in [1.165, 1.54) is 0 Å². The predicted molar refractivity (Wildman–Crippen MR) is 38.9 cm³/mol. The van der Waals surface area contributed by atoms with Gasteiger partial charge in [0.15, 0.2) is 0 Å². The molecule has 0 spiro atoms. The summed E-state index contributed by atoms with van der Waals surface area (Å²) >= 11 is 0. The van der Waals surface area contributed by atoms with E-state index >= 15 is 0 Å². The second-order valence-electron chi connectivity index (χ2n) is 3.24. The van der Waals surface area contributed by atoms with Crippen molar-refractivity contribution >= 4 is 0 Å². The molecule has 0 aromatic carbocycles. The van der Waals surface area contributed by atoms with Crippen molar-refractivity contribution in [2.75, 3.05) is 0 Å². The third kappa shape index (κ3) is 1.85. The molecular weight excluding hydrogens is 96.1 g/mol. The molecule has 0 aliphatic rings. The molecule has 0 fully saturated rings. The second kappa shape index (κ2) is 2.52. The van der Waals surface area contributed by atoms with Gasteiger partial charge in [-0.25, -0.2) is 0 Å². The highest BCUT2D eigenvalue weighted by Gasteiger charge is 2.18. The third-order valence-electron chi connectivity index (χ3n) is 2.24. The van der Waals surface area contributed by atoms with Gasteiger partial charge in [0.1, 0.15) is 0 Å². The fourth-order valence-electron chi connectivity index (χ4n) is 0.354. The van der Waals surface area contributed by atoms with Crippen molar-refractivity contribution in [2.24, 2.45) is 11.3 Å². The van der Waals surface area contributed by atoms with E-state index in [0.29, 0.717) is 0 Å². The van der Waals surface area contributed by atoms with Crippen LogP contribution in [0.15, 0.2) is 0 Å². The highest BCUT2D eigenvalue weighted by atomic mass is 14.2. The van der Waals surface area contributed by atoms with Crippen molar-refractivity contribution in [3.8, 4) is 0 Å².